The molecule has 0 unspecified atom stereocenters. The van der Waals surface area contributed by atoms with Crippen molar-refractivity contribution >= 4 is 17.7 Å². The summed E-state index contributed by atoms with van der Waals surface area (Å²) >= 11 is 0. The van der Waals surface area contributed by atoms with Gasteiger partial charge in [0.2, 0.25) is 0 Å². The standard InChI is InChI=1S/C17H13NO5/c19-17(14-9-12-5-2-4-8-16(12)22-11-14)23-10-13-6-1-3-7-15(13)18(20)21/h1-9H,10-11H2. The Kier molecular flexibility index (Phi) is 4.05. The molecule has 1 aliphatic rings. The van der Waals surface area contributed by atoms with Crippen molar-refractivity contribution in [1.82, 2.24) is 0 Å². The Labute approximate surface area is 132 Å². The lowest BCUT2D eigenvalue weighted by atomic mass is 10.1. The summed E-state index contributed by atoms with van der Waals surface area (Å²) in [6.45, 7) is -0.0400. The van der Waals surface area contributed by atoms with Crippen molar-refractivity contribution in [3.05, 3.63) is 75.3 Å². The van der Waals surface area contributed by atoms with Crippen LogP contribution in [0.5, 0.6) is 5.75 Å². The first-order valence-corrected chi connectivity index (χ1v) is 6.97. The van der Waals surface area contributed by atoms with Crippen LogP contribution >= 0.6 is 0 Å². The highest BCUT2D eigenvalue weighted by molar-refractivity contribution is 5.95. The number of para-hydroxylation sites is 2. The van der Waals surface area contributed by atoms with Gasteiger partial charge in [-0.1, -0.05) is 30.3 Å². The number of carbonyl (C=O) groups excluding carboxylic acids is 1. The minimum absolute atomic E-state index is 0.0699. The lowest BCUT2D eigenvalue weighted by Crippen LogP contribution is -2.17. The van der Waals surface area contributed by atoms with Crippen molar-refractivity contribution in [1.29, 1.82) is 0 Å². The van der Waals surface area contributed by atoms with E-state index < -0.39 is 10.9 Å². The number of benzene rings is 2. The van der Waals surface area contributed by atoms with Gasteiger partial charge in [-0.3, -0.25) is 10.1 Å². The van der Waals surface area contributed by atoms with E-state index in [4.69, 9.17) is 9.47 Å². The van der Waals surface area contributed by atoms with Crippen LogP contribution in [0, 0.1) is 10.1 Å². The van der Waals surface area contributed by atoms with E-state index in [-0.39, 0.29) is 18.9 Å². The fraction of sp³-hybridized carbons (Fsp3) is 0.118. The number of hydrogen-bond donors (Lipinski definition) is 0. The van der Waals surface area contributed by atoms with Crippen LogP contribution in [0.15, 0.2) is 54.1 Å². The van der Waals surface area contributed by atoms with Crippen LogP contribution in [0.1, 0.15) is 11.1 Å². The highest BCUT2D eigenvalue weighted by Crippen LogP contribution is 2.26. The lowest BCUT2D eigenvalue weighted by Gasteiger charge is -2.16. The number of nitro groups is 1. The number of rotatable bonds is 4. The summed E-state index contributed by atoms with van der Waals surface area (Å²) in [5, 5.41) is 10.9. The van der Waals surface area contributed by atoms with Crippen LogP contribution in [-0.2, 0) is 16.1 Å². The summed E-state index contributed by atoms with van der Waals surface area (Å²) in [5.41, 5.74) is 1.46. The van der Waals surface area contributed by atoms with Crippen LogP contribution < -0.4 is 4.74 Å². The number of nitro benzene ring substituents is 1. The van der Waals surface area contributed by atoms with Crippen LogP contribution in [-0.4, -0.2) is 17.5 Å². The van der Waals surface area contributed by atoms with Gasteiger partial charge in [0.1, 0.15) is 19.0 Å². The first-order valence-electron chi connectivity index (χ1n) is 6.97. The van der Waals surface area contributed by atoms with Crippen LogP contribution in [0.4, 0.5) is 5.69 Å². The second-order valence-corrected chi connectivity index (χ2v) is 4.96. The third-order valence-electron chi connectivity index (χ3n) is 3.44. The minimum Gasteiger partial charge on any atom is -0.488 e. The zero-order valence-corrected chi connectivity index (χ0v) is 12.1. The molecule has 0 radical (unpaired) electrons. The molecule has 116 valence electrons. The lowest BCUT2D eigenvalue weighted by molar-refractivity contribution is -0.385. The molecule has 0 amide bonds. The monoisotopic (exact) mass is 311 g/mol. The predicted molar refractivity (Wildman–Crippen MR) is 82.8 cm³/mol. The molecule has 0 N–H and O–H groups in total. The van der Waals surface area contributed by atoms with E-state index in [0.29, 0.717) is 16.9 Å². The average Bonchev–Trinajstić information content (AvgIpc) is 2.59. The molecule has 0 aromatic heterocycles. The molecular formula is C17H13NO5. The first kappa shape index (κ1) is 14.8. The van der Waals surface area contributed by atoms with E-state index in [1.165, 1.54) is 6.07 Å². The highest BCUT2D eigenvalue weighted by atomic mass is 16.6. The molecule has 6 nitrogen and oxygen atoms in total. The van der Waals surface area contributed by atoms with E-state index in [2.05, 4.69) is 0 Å². The van der Waals surface area contributed by atoms with Crippen LogP contribution in [0.25, 0.3) is 6.08 Å². The molecule has 2 aromatic rings. The third kappa shape index (κ3) is 3.21. The molecule has 6 heteroatoms. The number of ether oxygens (including phenoxy) is 2. The summed E-state index contributed by atoms with van der Waals surface area (Å²) < 4.78 is 10.7. The largest absolute Gasteiger partial charge is 0.488 e. The third-order valence-corrected chi connectivity index (χ3v) is 3.44. The number of esters is 1. The molecule has 23 heavy (non-hydrogen) atoms. The van der Waals surface area contributed by atoms with Gasteiger partial charge in [-0.2, -0.15) is 0 Å². The van der Waals surface area contributed by atoms with Gasteiger partial charge < -0.3 is 9.47 Å². The molecule has 0 atom stereocenters. The second kappa shape index (κ2) is 6.31. The molecule has 0 spiro atoms. The van der Waals surface area contributed by atoms with E-state index in [9.17, 15) is 14.9 Å². The summed E-state index contributed by atoms with van der Waals surface area (Å²) in [6, 6.07) is 13.5. The van der Waals surface area contributed by atoms with Crippen LogP contribution in [0.3, 0.4) is 0 Å². The maximum Gasteiger partial charge on any atom is 0.337 e. The number of nitrogens with zero attached hydrogens (tertiary/aromatic N) is 1. The molecule has 3 rings (SSSR count). The average molecular weight is 311 g/mol. The van der Waals surface area contributed by atoms with E-state index in [0.717, 1.165) is 5.56 Å². The summed E-state index contributed by atoms with van der Waals surface area (Å²) in [7, 11) is 0. The van der Waals surface area contributed by atoms with Gasteiger partial charge in [-0.15, -0.1) is 0 Å². The fourth-order valence-electron chi connectivity index (χ4n) is 2.28. The molecule has 0 saturated heterocycles. The minimum atomic E-state index is -0.544. The van der Waals surface area contributed by atoms with Gasteiger partial charge >= 0.3 is 5.97 Å². The molecule has 2 aromatic carbocycles. The Balaban J connectivity index is 1.72. The molecule has 0 aliphatic carbocycles. The summed E-state index contributed by atoms with van der Waals surface area (Å²) in [6.07, 6.45) is 1.71. The van der Waals surface area contributed by atoms with Gasteiger partial charge in [0.15, 0.2) is 0 Å². The van der Waals surface area contributed by atoms with Crippen molar-refractivity contribution < 1.29 is 19.2 Å². The number of hydrogen-bond acceptors (Lipinski definition) is 5. The maximum absolute atomic E-state index is 12.1. The first-order chi connectivity index (χ1) is 11.1. The fourth-order valence-corrected chi connectivity index (χ4v) is 2.28. The smallest absolute Gasteiger partial charge is 0.337 e. The van der Waals surface area contributed by atoms with Crippen molar-refractivity contribution in [2.75, 3.05) is 6.61 Å². The number of carbonyl (C=O) groups is 1. The summed E-state index contributed by atoms with van der Waals surface area (Å²) in [4.78, 5) is 22.6. The molecule has 1 heterocycles. The van der Waals surface area contributed by atoms with Crippen molar-refractivity contribution in [3.8, 4) is 5.75 Å². The number of fused-ring (bicyclic) bond motifs is 1. The maximum atomic E-state index is 12.1. The Morgan fingerprint density at radius 3 is 2.74 bits per heavy atom. The molecule has 1 aliphatic heterocycles. The molecule has 0 bridgehead atoms. The van der Waals surface area contributed by atoms with Gasteiger partial charge in [0.25, 0.3) is 5.69 Å². The van der Waals surface area contributed by atoms with Crippen LogP contribution in [0.2, 0.25) is 0 Å². The molecule has 0 saturated carbocycles. The Hall–Kier alpha value is -3.15. The Morgan fingerprint density at radius 1 is 1.17 bits per heavy atom. The van der Waals surface area contributed by atoms with Gasteiger partial charge in [-0.25, -0.2) is 4.79 Å². The SMILES string of the molecule is O=C(OCc1ccccc1[N+](=O)[O-])C1=Cc2ccccc2OC1. The zero-order chi connectivity index (χ0) is 16.2. The zero-order valence-electron chi connectivity index (χ0n) is 12.1. The predicted octanol–water partition coefficient (Wildman–Crippen LogP) is 3.11. The van der Waals surface area contributed by atoms with E-state index in [1.807, 2.05) is 24.3 Å². The topological polar surface area (TPSA) is 78.7 Å². The quantitative estimate of drug-likeness (QED) is 0.492. The van der Waals surface area contributed by atoms with Gasteiger partial charge in [0.05, 0.1) is 16.1 Å². The Bertz CT molecular complexity index is 797. The molecule has 0 fully saturated rings. The van der Waals surface area contributed by atoms with Crippen molar-refractivity contribution in [2.24, 2.45) is 0 Å². The van der Waals surface area contributed by atoms with E-state index >= 15 is 0 Å². The van der Waals surface area contributed by atoms with Gasteiger partial charge in [0, 0.05) is 11.6 Å². The van der Waals surface area contributed by atoms with Gasteiger partial charge in [-0.05, 0) is 18.2 Å². The van der Waals surface area contributed by atoms with Crippen molar-refractivity contribution in [3.63, 3.8) is 0 Å². The second-order valence-electron chi connectivity index (χ2n) is 4.96. The summed E-state index contributed by atoms with van der Waals surface area (Å²) in [5.74, 6) is 0.167. The normalized spacial score (nSPS) is 12.6. The highest BCUT2D eigenvalue weighted by Gasteiger charge is 2.20. The molecular weight excluding hydrogens is 298 g/mol. The van der Waals surface area contributed by atoms with Crippen molar-refractivity contribution in [2.45, 2.75) is 6.61 Å². The van der Waals surface area contributed by atoms with E-state index in [1.54, 1.807) is 24.3 Å². The Morgan fingerprint density at radius 2 is 1.91 bits per heavy atom.